The highest BCUT2D eigenvalue weighted by atomic mass is 32.2. The molecular weight excluding hydrogens is 190 g/mol. The van der Waals surface area contributed by atoms with Crippen LogP contribution in [0.1, 0.15) is 13.8 Å². The van der Waals surface area contributed by atoms with Crippen LogP contribution in [0.25, 0.3) is 0 Å². The van der Waals surface area contributed by atoms with E-state index in [2.05, 4.69) is 19.6 Å². The predicted octanol–water partition coefficient (Wildman–Crippen LogP) is 1.47. The predicted molar refractivity (Wildman–Crippen MR) is 56.7 cm³/mol. The van der Waals surface area contributed by atoms with Gasteiger partial charge < -0.3 is 4.90 Å². The molecule has 12 heavy (non-hydrogen) atoms. The summed E-state index contributed by atoms with van der Waals surface area (Å²) >= 11 is 5.95. The van der Waals surface area contributed by atoms with E-state index in [4.69, 9.17) is 0 Å². The number of thiol groups is 1. The molecule has 1 aliphatic heterocycles. The van der Waals surface area contributed by atoms with E-state index in [1.54, 1.807) is 0 Å². The van der Waals surface area contributed by atoms with Crippen molar-refractivity contribution in [2.24, 2.45) is 5.92 Å². The number of rotatable bonds is 2. The molecule has 70 valence electrons. The SMILES string of the molecule is CC(CS)C(=O)N1CSCC1C. The summed E-state index contributed by atoms with van der Waals surface area (Å²) in [5.41, 5.74) is 0. The second kappa shape index (κ2) is 4.42. The highest BCUT2D eigenvalue weighted by molar-refractivity contribution is 7.99. The van der Waals surface area contributed by atoms with Crippen molar-refractivity contribution in [2.75, 3.05) is 17.4 Å². The van der Waals surface area contributed by atoms with E-state index in [1.165, 1.54) is 0 Å². The van der Waals surface area contributed by atoms with Gasteiger partial charge in [0.2, 0.25) is 5.91 Å². The molecule has 1 heterocycles. The number of carbonyl (C=O) groups excluding carboxylic acids is 1. The summed E-state index contributed by atoms with van der Waals surface area (Å²) in [5.74, 6) is 2.90. The summed E-state index contributed by atoms with van der Waals surface area (Å²) in [6.07, 6.45) is 0. The van der Waals surface area contributed by atoms with Crippen LogP contribution < -0.4 is 0 Å². The maximum absolute atomic E-state index is 11.7. The first-order valence-electron chi connectivity index (χ1n) is 4.16. The van der Waals surface area contributed by atoms with Gasteiger partial charge >= 0.3 is 0 Å². The summed E-state index contributed by atoms with van der Waals surface area (Å²) in [6, 6.07) is 0.407. The third-order valence-corrected chi connectivity index (χ3v) is 3.83. The molecule has 0 aromatic rings. The quantitative estimate of drug-likeness (QED) is 0.689. The topological polar surface area (TPSA) is 20.3 Å². The van der Waals surface area contributed by atoms with Crippen LogP contribution in [0.4, 0.5) is 0 Å². The van der Waals surface area contributed by atoms with E-state index in [0.29, 0.717) is 11.8 Å². The van der Waals surface area contributed by atoms with Gasteiger partial charge in [0.15, 0.2) is 0 Å². The molecule has 0 aliphatic carbocycles. The first kappa shape index (κ1) is 10.3. The van der Waals surface area contributed by atoms with Crippen molar-refractivity contribution >= 4 is 30.3 Å². The molecule has 2 atom stereocenters. The highest BCUT2D eigenvalue weighted by Crippen LogP contribution is 2.22. The molecule has 0 saturated carbocycles. The number of hydrogen-bond acceptors (Lipinski definition) is 3. The van der Waals surface area contributed by atoms with Crippen molar-refractivity contribution in [1.82, 2.24) is 4.90 Å². The first-order valence-corrected chi connectivity index (χ1v) is 5.94. The molecule has 0 spiro atoms. The van der Waals surface area contributed by atoms with E-state index in [0.717, 1.165) is 11.6 Å². The second-order valence-electron chi connectivity index (χ2n) is 3.24. The standard InChI is InChI=1S/C8H15NOS2/c1-6(3-11)8(10)9-5-12-4-7(9)2/h6-7,11H,3-5H2,1-2H3. The molecule has 0 aromatic carbocycles. The molecule has 0 radical (unpaired) electrons. The molecule has 2 unspecified atom stereocenters. The molecule has 1 saturated heterocycles. The van der Waals surface area contributed by atoms with Gasteiger partial charge in [-0.15, -0.1) is 11.8 Å². The van der Waals surface area contributed by atoms with Crippen LogP contribution in [0.3, 0.4) is 0 Å². The zero-order chi connectivity index (χ0) is 9.14. The van der Waals surface area contributed by atoms with Crippen LogP contribution >= 0.6 is 24.4 Å². The summed E-state index contributed by atoms with van der Waals surface area (Å²) in [6.45, 7) is 4.04. The lowest BCUT2D eigenvalue weighted by molar-refractivity contribution is -0.134. The van der Waals surface area contributed by atoms with Gasteiger partial charge in [-0.1, -0.05) is 6.92 Å². The summed E-state index contributed by atoms with van der Waals surface area (Å²) < 4.78 is 0. The Morgan fingerprint density at radius 2 is 2.50 bits per heavy atom. The summed E-state index contributed by atoms with van der Waals surface area (Å²) in [7, 11) is 0. The minimum Gasteiger partial charge on any atom is -0.330 e. The molecule has 1 rings (SSSR count). The van der Waals surface area contributed by atoms with Crippen LogP contribution in [0.5, 0.6) is 0 Å². The first-order chi connectivity index (χ1) is 5.66. The lowest BCUT2D eigenvalue weighted by atomic mass is 10.1. The summed E-state index contributed by atoms with van der Waals surface area (Å²) in [4.78, 5) is 13.6. The van der Waals surface area contributed by atoms with Crippen molar-refractivity contribution in [3.63, 3.8) is 0 Å². The molecule has 0 bridgehead atoms. The molecular formula is C8H15NOS2. The Hall–Kier alpha value is 0.170. The fourth-order valence-electron chi connectivity index (χ4n) is 1.18. The average molecular weight is 205 g/mol. The van der Waals surface area contributed by atoms with Crippen molar-refractivity contribution in [3.8, 4) is 0 Å². The minimum atomic E-state index is 0.0643. The van der Waals surface area contributed by atoms with Crippen LogP contribution in [-0.4, -0.2) is 34.2 Å². The summed E-state index contributed by atoms with van der Waals surface area (Å²) in [5, 5.41) is 0. The number of amides is 1. The van der Waals surface area contributed by atoms with Gasteiger partial charge in [-0.05, 0) is 6.92 Å². The Bertz CT molecular complexity index is 174. The zero-order valence-electron chi connectivity index (χ0n) is 7.49. The van der Waals surface area contributed by atoms with Crippen molar-refractivity contribution < 1.29 is 4.79 Å². The van der Waals surface area contributed by atoms with Crippen LogP contribution in [0.2, 0.25) is 0 Å². The van der Waals surface area contributed by atoms with Gasteiger partial charge in [-0.25, -0.2) is 0 Å². The van der Waals surface area contributed by atoms with Gasteiger partial charge in [0.25, 0.3) is 0 Å². The van der Waals surface area contributed by atoms with Crippen LogP contribution in [-0.2, 0) is 4.79 Å². The largest absolute Gasteiger partial charge is 0.330 e. The zero-order valence-corrected chi connectivity index (χ0v) is 9.20. The third kappa shape index (κ3) is 2.10. The third-order valence-electron chi connectivity index (χ3n) is 2.10. The van der Waals surface area contributed by atoms with E-state index in [9.17, 15) is 4.79 Å². The monoisotopic (exact) mass is 205 g/mol. The van der Waals surface area contributed by atoms with Gasteiger partial charge in [-0.2, -0.15) is 12.6 Å². The van der Waals surface area contributed by atoms with Crippen LogP contribution in [0.15, 0.2) is 0 Å². The van der Waals surface area contributed by atoms with Crippen molar-refractivity contribution in [2.45, 2.75) is 19.9 Å². The molecule has 4 heteroatoms. The van der Waals surface area contributed by atoms with Gasteiger partial charge in [0.05, 0.1) is 5.88 Å². The Morgan fingerprint density at radius 3 is 2.92 bits per heavy atom. The Balaban J connectivity index is 2.51. The average Bonchev–Trinajstić information content (AvgIpc) is 2.48. The lowest BCUT2D eigenvalue weighted by Crippen LogP contribution is -2.38. The van der Waals surface area contributed by atoms with E-state index in [1.807, 2.05) is 23.6 Å². The van der Waals surface area contributed by atoms with E-state index >= 15 is 0 Å². The Kier molecular flexibility index (Phi) is 3.77. The fraction of sp³-hybridized carbons (Fsp3) is 0.875. The van der Waals surface area contributed by atoms with Crippen molar-refractivity contribution in [3.05, 3.63) is 0 Å². The number of thioether (sulfide) groups is 1. The molecule has 1 aliphatic rings. The number of hydrogen-bond donors (Lipinski definition) is 1. The fourth-order valence-corrected chi connectivity index (χ4v) is 2.54. The van der Waals surface area contributed by atoms with E-state index in [-0.39, 0.29) is 11.8 Å². The molecule has 0 aromatic heterocycles. The van der Waals surface area contributed by atoms with Gasteiger partial charge in [0.1, 0.15) is 0 Å². The smallest absolute Gasteiger partial charge is 0.227 e. The highest BCUT2D eigenvalue weighted by Gasteiger charge is 2.27. The molecule has 0 N–H and O–H groups in total. The van der Waals surface area contributed by atoms with Gasteiger partial charge in [0, 0.05) is 23.5 Å². The minimum absolute atomic E-state index is 0.0643. The molecule has 1 amide bonds. The Morgan fingerprint density at radius 1 is 1.83 bits per heavy atom. The van der Waals surface area contributed by atoms with E-state index < -0.39 is 0 Å². The molecule has 1 fully saturated rings. The number of nitrogens with zero attached hydrogens (tertiary/aromatic N) is 1. The Labute approximate surface area is 83.5 Å². The van der Waals surface area contributed by atoms with Gasteiger partial charge in [-0.3, -0.25) is 4.79 Å². The second-order valence-corrected chi connectivity index (χ2v) is 4.61. The number of carbonyl (C=O) groups is 1. The normalized spacial score (nSPS) is 25.9. The maximum Gasteiger partial charge on any atom is 0.227 e. The van der Waals surface area contributed by atoms with Crippen LogP contribution in [0, 0.1) is 5.92 Å². The van der Waals surface area contributed by atoms with Crippen molar-refractivity contribution in [1.29, 1.82) is 0 Å². The maximum atomic E-state index is 11.7. The lowest BCUT2D eigenvalue weighted by Gasteiger charge is -2.23. The molecule has 2 nitrogen and oxygen atoms in total.